The van der Waals surface area contributed by atoms with Crippen molar-refractivity contribution in [3.63, 3.8) is 0 Å². The van der Waals surface area contributed by atoms with Gasteiger partial charge in [-0.3, -0.25) is 14.4 Å². The summed E-state index contributed by atoms with van der Waals surface area (Å²) in [5, 5.41) is 1.83. The Morgan fingerprint density at radius 1 is 1.20 bits per heavy atom. The van der Waals surface area contributed by atoms with E-state index in [1.54, 1.807) is 30.3 Å². The molecule has 1 aromatic carbocycles. The summed E-state index contributed by atoms with van der Waals surface area (Å²) in [7, 11) is -5.04. The van der Waals surface area contributed by atoms with Gasteiger partial charge in [0.25, 0.3) is 5.91 Å². The number of nitrogens with two attached hydrogens (primary N) is 1. The van der Waals surface area contributed by atoms with E-state index in [0.717, 1.165) is 0 Å². The van der Waals surface area contributed by atoms with Gasteiger partial charge in [-0.2, -0.15) is 0 Å². The Kier molecular flexibility index (Phi) is 5.15. The zero-order chi connectivity index (χ0) is 15.3. The van der Waals surface area contributed by atoms with Gasteiger partial charge >= 0.3 is 13.2 Å². The van der Waals surface area contributed by atoms with E-state index < -0.39 is 31.0 Å². The molecule has 1 aromatic rings. The third kappa shape index (κ3) is 4.58. The van der Waals surface area contributed by atoms with Crippen LogP contribution in [0, 0.1) is 0 Å². The van der Waals surface area contributed by atoms with Crippen molar-refractivity contribution >= 4 is 24.9 Å². The summed E-state index contributed by atoms with van der Waals surface area (Å²) < 4.78 is 10.8. The molecule has 8 nitrogen and oxygen atoms in total. The van der Waals surface area contributed by atoms with E-state index in [-0.39, 0.29) is 6.42 Å². The minimum atomic E-state index is -5.04. The van der Waals surface area contributed by atoms with E-state index in [4.69, 9.17) is 15.5 Å². The monoisotopic (exact) mass is 300 g/mol. The van der Waals surface area contributed by atoms with Crippen LogP contribution in [0.3, 0.4) is 0 Å². The second-order valence-corrected chi connectivity index (χ2v) is 5.46. The fourth-order valence-electron chi connectivity index (χ4n) is 1.46. The van der Waals surface area contributed by atoms with E-state index in [2.05, 4.69) is 0 Å². The van der Waals surface area contributed by atoms with Crippen LogP contribution in [-0.2, 0) is 20.6 Å². The van der Waals surface area contributed by atoms with E-state index in [0.29, 0.717) is 5.56 Å². The fourth-order valence-corrected chi connectivity index (χ4v) is 1.79. The first-order valence-corrected chi connectivity index (χ1v) is 7.07. The van der Waals surface area contributed by atoms with Crippen LogP contribution in [-0.4, -0.2) is 33.2 Å². The smallest absolute Gasteiger partial charge is 0.363 e. The van der Waals surface area contributed by atoms with Crippen LogP contribution in [0.15, 0.2) is 30.3 Å². The van der Waals surface area contributed by atoms with E-state index in [1.807, 2.05) is 5.32 Å². The Hall–Kier alpha value is -2.02. The third-order valence-electron chi connectivity index (χ3n) is 2.40. The molecule has 108 valence electrons. The average molecular weight is 300 g/mol. The number of nitrogens with one attached hydrogen (secondary N) is 1. The lowest BCUT2D eigenvalue weighted by Gasteiger charge is -2.16. The largest absolute Gasteiger partial charge is 0.413 e. The molecule has 5 N–H and O–H groups in total. The first-order chi connectivity index (χ1) is 9.21. The molecule has 1 rings (SSSR count). The zero-order valence-corrected chi connectivity index (χ0v) is 11.1. The summed E-state index contributed by atoms with van der Waals surface area (Å²) in [6.07, 6.45) is -0.103. The molecule has 0 aromatic heterocycles. The number of ketones is 1. The van der Waals surface area contributed by atoms with Gasteiger partial charge in [0.15, 0.2) is 0 Å². The molecular weight excluding hydrogens is 287 g/mol. The van der Waals surface area contributed by atoms with Gasteiger partial charge in [-0.25, -0.2) is 4.57 Å². The van der Waals surface area contributed by atoms with Crippen LogP contribution in [0.2, 0.25) is 0 Å². The molecule has 0 aliphatic carbocycles. The summed E-state index contributed by atoms with van der Waals surface area (Å²) in [5.41, 5.74) is 3.81. The molecule has 0 fully saturated rings. The molecule has 9 heteroatoms. The molecule has 0 spiro atoms. The molecular formula is C11H13N2O6P. The van der Waals surface area contributed by atoms with Gasteiger partial charge < -0.3 is 20.8 Å². The maximum Gasteiger partial charge on any atom is 0.413 e. The zero-order valence-electron chi connectivity index (χ0n) is 10.2. The van der Waals surface area contributed by atoms with Gasteiger partial charge in [0.1, 0.15) is 6.04 Å². The van der Waals surface area contributed by atoms with Crippen LogP contribution in [0.1, 0.15) is 5.56 Å². The highest BCUT2D eigenvalue weighted by Crippen LogP contribution is 2.35. The minimum Gasteiger partial charge on any atom is -0.363 e. The van der Waals surface area contributed by atoms with Crippen LogP contribution in [0.5, 0.6) is 0 Å². The average Bonchev–Trinajstić information content (AvgIpc) is 2.37. The summed E-state index contributed by atoms with van der Waals surface area (Å²) in [5.74, 6) is -2.42. The Balaban J connectivity index is 2.92. The van der Waals surface area contributed by atoms with Gasteiger partial charge in [0, 0.05) is 6.42 Å². The maximum absolute atomic E-state index is 11.6. The molecule has 0 saturated heterocycles. The van der Waals surface area contributed by atoms with Crippen molar-refractivity contribution in [1.29, 1.82) is 0 Å². The lowest BCUT2D eigenvalue weighted by atomic mass is 10.0. The summed E-state index contributed by atoms with van der Waals surface area (Å²) in [6, 6.07) is 6.91. The van der Waals surface area contributed by atoms with Crippen LogP contribution in [0.4, 0.5) is 4.79 Å². The lowest BCUT2D eigenvalue weighted by Crippen LogP contribution is -2.46. The molecule has 0 unspecified atom stereocenters. The number of Topliss-reactive ketones (excluding diaryl/α,β-unsaturated/α-hetero) is 1. The van der Waals surface area contributed by atoms with E-state index in [1.165, 1.54) is 0 Å². The predicted molar refractivity (Wildman–Crippen MR) is 68.7 cm³/mol. The summed E-state index contributed by atoms with van der Waals surface area (Å²) in [6.45, 7) is 0. The lowest BCUT2D eigenvalue weighted by molar-refractivity contribution is -0.137. The Bertz CT molecular complexity index is 568. The minimum absolute atomic E-state index is 0.103. The molecule has 0 bridgehead atoms. The number of benzene rings is 1. The van der Waals surface area contributed by atoms with Gasteiger partial charge in [-0.1, -0.05) is 30.3 Å². The molecule has 0 aliphatic heterocycles. The molecule has 1 atom stereocenters. The van der Waals surface area contributed by atoms with Gasteiger partial charge in [-0.15, -0.1) is 0 Å². The molecule has 0 heterocycles. The number of carbonyl (C=O) groups is 3. The number of primary amides is 1. The summed E-state index contributed by atoms with van der Waals surface area (Å²) >= 11 is 0. The molecule has 0 radical (unpaired) electrons. The third-order valence-corrected chi connectivity index (χ3v) is 3.06. The molecule has 0 saturated carbocycles. The van der Waals surface area contributed by atoms with E-state index in [9.17, 15) is 18.9 Å². The number of hydrogen-bond donors (Lipinski definition) is 4. The van der Waals surface area contributed by atoms with Crippen molar-refractivity contribution in [2.45, 2.75) is 12.5 Å². The predicted octanol–water partition coefficient (Wildman–Crippen LogP) is -0.461. The number of amides is 2. The van der Waals surface area contributed by atoms with Crippen molar-refractivity contribution in [3.05, 3.63) is 35.9 Å². The van der Waals surface area contributed by atoms with Gasteiger partial charge in [0.2, 0.25) is 5.78 Å². The number of carbonyl (C=O) groups excluding carboxylic acids is 3. The SMILES string of the molecule is NC(=O)C(=O)[C@H](Cc1ccccc1)NC(=O)P(=O)(O)O. The Labute approximate surface area is 114 Å². The van der Waals surface area contributed by atoms with Crippen molar-refractivity contribution in [2.75, 3.05) is 0 Å². The first-order valence-electron chi connectivity index (χ1n) is 5.46. The Morgan fingerprint density at radius 2 is 1.75 bits per heavy atom. The second-order valence-electron chi connectivity index (χ2n) is 3.96. The number of hydrogen-bond acceptors (Lipinski definition) is 4. The van der Waals surface area contributed by atoms with Crippen LogP contribution >= 0.6 is 7.60 Å². The Morgan fingerprint density at radius 3 is 2.20 bits per heavy atom. The number of rotatable bonds is 6. The standard InChI is InChI=1S/C11H13N2O6P/c12-10(15)9(14)8(13-11(16)20(17,18)19)6-7-4-2-1-3-5-7/h1-5,8H,6H2,(H2,12,15)(H,13,16)(H2,17,18,19)/t8-/m0/s1. The van der Waals surface area contributed by atoms with Crippen LogP contribution < -0.4 is 11.1 Å². The van der Waals surface area contributed by atoms with Crippen molar-refractivity contribution < 1.29 is 28.7 Å². The highest BCUT2D eigenvalue weighted by molar-refractivity contribution is 7.69. The van der Waals surface area contributed by atoms with E-state index >= 15 is 0 Å². The normalized spacial score (nSPS) is 12.5. The maximum atomic E-state index is 11.6. The molecule has 2 amide bonds. The van der Waals surface area contributed by atoms with Gasteiger partial charge in [0.05, 0.1) is 0 Å². The first kappa shape index (κ1) is 16.0. The highest BCUT2D eigenvalue weighted by atomic mass is 31.2. The molecule has 20 heavy (non-hydrogen) atoms. The quantitative estimate of drug-likeness (QED) is 0.413. The van der Waals surface area contributed by atoms with Gasteiger partial charge in [-0.05, 0) is 5.56 Å². The molecule has 0 aliphatic rings. The highest BCUT2D eigenvalue weighted by Gasteiger charge is 2.32. The second kappa shape index (κ2) is 6.42. The van der Waals surface area contributed by atoms with Crippen molar-refractivity contribution in [3.8, 4) is 0 Å². The fraction of sp³-hybridized carbons (Fsp3) is 0.182. The van der Waals surface area contributed by atoms with Crippen LogP contribution in [0.25, 0.3) is 0 Å². The summed E-state index contributed by atoms with van der Waals surface area (Å²) in [4.78, 5) is 51.1. The van der Waals surface area contributed by atoms with Crippen molar-refractivity contribution in [1.82, 2.24) is 5.32 Å². The van der Waals surface area contributed by atoms with Crippen molar-refractivity contribution in [2.24, 2.45) is 5.73 Å². The topological polar surface area (TPSA) is 147 Å².